The molecule has 1 N–H and O–H groups in total. The molecule has 1 aliphatic rings. The summed E-state index contributed by atoms with van der Waals surface area (Å²) >= 11 is 0. The molecule has 0 saturated heterocycles. The lowest BCUT2D eigenvalue weighted by Crippen LogP contribution is -2.27. The van der Waals surface area contributed by atoms with Gasteiger partial charge in [0.05, 0.1) is 18.6 Å². The minimum absolute atomic E-state index is 0.0916. The van der Waals surface area contributed by atoms with Crippen molar-refractivity contribution >= 4 is 0 Å². The summed E-state index contributed by atoms with van der Waals surface area (Å²) in [4.78, 5) is 20.8. The van der Waals surface area contributed by atoms with Crippen molar-refractivity contribution in [3.8, 4) is 5.88 Å². The van der Waals surface area contributed by atoms with Gasteiger partial charge in [0.2, 0.25) is 5.88 Å². The van der Waals surface area contributed by atoms with Crippen molar-refractivity contribution in [1.82, 2.24) is 19.9 Å². The van der Waals surface area contributed by atoms with Gasteiger partial charge in [-0.2, -0.15) is 13.2 Å². The molecule has 0 amide bonds. The van der Waals surface area contributed by atoms with Crippen LogP contribution in [0.3, 0.4) is 0 Å². The van der Waals surface area contributed by atoms with E-state index in [1.54, 1.807) is 6.07 Å². The molecule has 1 aliphatic heterocycles. The minimum Gasteiger partial charge on any atom is -0.468 e. The monoisotopic (exact) mass is 354 g/mol. The molecule has 0 aromatic carbocycles. The van der Waals surface area contributed by atoms with Gasteiger partial charge in [0.1, 0.15) is 0 Å². The highest BCUT2D eigenvalue weighted by Crippen LogP contribution is 2.17. The SMILES string of the molecule is O=c1c2c(ncn1Cc1ccc(OCC(F)(F)F)nc1)CCNCC2. The van der Waals surface area contributed by atoms with E-state index >= 15 is 0 Å². The van der Waals surface area contributed by atoms with Gasteiger partial charge in [-0.1, -0.05) is 6.07 Å². The predicted molar refractivity (Wildman–Crippen MR) is 83.7 cm³/mol. The van der Waals surface area contributed by atoms with Gasteiger partial charge < -0.3 is 10.1 Å². The second-order valence-corrected chi connectivity index (χ2v) is 5.76. The second kappa shape index (κ2) is 7.22. The van der Waals surface area contributed by atoms with E-state index in [4.69, 9.17) is 0 Å². The normalized spacial score (nSPS) is 14.7. The first-order valence-corrected chi connectivity index (χ1v) is 7.85. The van der Waals surface area contributed by atoms with Crippen molar-refractivity contribution in [2.75, 3.05) is 19.7 Å². The number of pyridine rings is 1. The first kappa shape index (κ1) is 17.4. The Hall–Kier alpha value is -2.42. The van der Waals surface area contributed by atoms with E-state index < -0.39 is 12.8 Å². The molecule has 134 valence electrons. The van der Waals surface area contributed by atoms with Crippen molar-refractivity contribution in [3.63, 3.8) is 0 Å². The summed E-state index contributed by atoms with van der Waals surface area (Å²) in [5.41, 5.74) is 2.12. The van der Waals surface area contributed by atoms with Crippen LogP contribution < -0.4 is 15.6 Å². The van der Waals surface area contributed by atoms with Crippen molar-refractivity contribution in [2.24, 2.45) is 0 Å². The van der Waals surface area contributed by atoms with Crippen LogP contribution in [-0.4, -0.2) is 40.4 Å². The number of halogens is 3. The second-order valence-electron chi connectivity index (χ2n) is 5.76. The van der Waals surface area contributed by atoms with Crippen LogP contribution in [0, 0.1) is 0 Å². The third-order valence-electron chi connectivity index (χ3n) is 3.84. The van der Waals surface area contributed by atoms with Gasteiger partial charge in [-0.3, -0.25) is 9.36 Å². The van der Waals surface area contributed by atoms with Crippen molar-refractivity contribution in [1.29, 1.82) is 0 Å². The molecule has 0 unspecified atom stereocenters. The van der Waals surface area contributed by atoms with E-state index in [2.05, 4.69) is 20.0 Å². The van der Waals surface area contributed by atoms with Crippen LogP contribution in [0.4, 0.5) is 13.2 Å². The zero-order chi connectivity index (χ0) is 17.9. The molecule has 2 aromatic rings. The van der Waals surface area contributed by atoms with Crippen molar-refractivity contribution in [3.05, 3.63) is 51.8 Å². The molecule has 0 spiro atoms. The van der Waals surface area contributed by atoms with Gasteiger partial charge in [-0.25, -0.2) is 9.97 Å². The maximum absolute atomic E-state index is 12.6. The van der Waals surface area contributed by atoms with Crippen LogP contribution in [0.2, 0.25) is 0 Å². The number of ether oxygens (including phenoxy) is 1. The first-order valence-electron chi connectivity index (χ1n) is 7.85. The van der Waals surface area contributed by atoms with Gasteiger partial charge >= 0.3 is 6.18 Å². The summed E-state index contributed by atoms with van der Waals surface area (Å²) < 4.78 is 42.4. The Morgan fingerprint density at radius 3 is 2.72 bits per heavy atom. The number of aromatic nitrogens is 3. The van der Waals surface area contributed by atoms with E-state index in [0.717, 1.165) is 25.2 Å². The lowest BCUT2D eigenvalue weighted by Gasteiger charge is -2.11. The van der Waals surface area contributed by atoms with Crippen LogP contribution in [0.1, 0.15) is 16.8 Å². The Balaban J connectivity index is 1.72. The molecule has 2 aromatic heterocycles. The highest BCUT2D eigenvalue weighted by atomic mass is 19.4. The standard InChI is InChI=1S/C16H17F3N4O2/c17-16(18,19)9-25-14-2-1-11(7-21-14)8-23-10-22-13-4-6-20-5-3-12(13)15(23)24/h1-2,7,10,20H,3-6,8-9H2. The van der Waals surface area contributed by atoms with Gasteiger partial charge in [0.15, 0.2) is 6.61 Å². The lowest BCUT2D eigenvalue weighted by atomic mass is 10.1. The average molecular weight is 354 g/mol. The molecule has 0 aliphatic carbocycles. The van der Waals surface area contributed by atoms with E-state index in [9.17, 15) is 18.0 Å². The molecule has 6 nitrogen and oxygen atoms in total. The molecule has 0 radical (unpaired) electrons. The number of nitrogens with zero attached hydrogens (tertiary/aromatic N) is 3. The summed E-state index contributed by atoms with van der Waals surface area (Å²) in [7, 11) is 0. The lowest BCUT2D eigenvalue weighted by molar-refractivity contribution is -0.154. The molecule has 0 fully saturated rings. The fraction of sp³-hybridized carbons (Fsp3) is 0.438. The molecule has 0 atom stereocenters. The van der Waals surface area contributed by atoms with E-state index in [1.807, 2.05) is 0 Å². The third-order valence-corrected chi connectivity index (χ3v) is 3.84. The largest absolute Gasteiger partial charge is 0.468 e. The average Bonchev–Trinajstić information content (AvgIpc) is 2.82. The van der Waals surface area contributed by atoms with Crippen LogP contribution >= 0.6 is 0 Å². The van der Waals surface area contributed by atoms with Crippen LogP contribution in [0.15, 0.2) is 29.5 Å². The molecular weight excluding hydrogens is 337 g/mol. The van der Waals surface area contributed by atoms with E-state index in [1.165, 1.54) is 23.2 Å². The van der Waals surface area contributed by atoms with Gasteiger partial charge in [0.25, 0.3) is 5.56 Å². The first-order chi connectivity index (χ1) is 11.9. The summed E-state index contributed by atoms with van der Waals surface area (Å²) in [6, 6.07) is 2.94. The zero-order valence-corrected chi connectivity index (χ0v) is 13.3. The van der Waals surface area contributed by atoms with Gasteiger partial charge in [-0.05, 0) is 18.5 Å². The Bertz CT molecular complexity index is 787. The Morgan fingerprint density at radius 2 is 2.00 bits per heavy atom. The third kappa shape index (κ3) is 4.56. The Morgan fingerprint density at radius 1 is 1.20 bits per heavy atom. The number of fused-ring (bicyclic) bond motifs is 1. The smallest absolute Gasteiger partial charge is 0.422 e. The fourth-order valence-electron chi connectivity index (χ4n) is 2.63. The van der Waals surface area contributed by atoms with Gasteiger partial charge in [-0.15, -0.1) is 0 Å². The number of hydrogen-bond donors (Lipinski definition) is 1. The highest BCUT2D eigenvalue weighted by Gasteiger charge is 2.28. The zero-order valence-electron chi connectivity index (χ0n) is 13.3. The number of alkyl halides is 3. The summed E-state index contributed by atoms with van der Waals surface area (Å²) in [6.07, 6.45) is -0.162. The maximum atomic E-state index is 12.6. The van der Waals surface area contributed by atoms with E-state index in [-0.39, 0.29) is 18.0 Å². The van der Waals surface area contributed by atoms with Crippen molar-refractivity contribution in [2.45, 2.75) is 25.6 Å². The number of rotatable bonds is 4. The van der Waals surface area contributed by atoms with Crippen LogP contribution in [0.5, 0.6) is 5.88 Å². The highest BCUT2D eigenvalue weighted by molar-refractivity contribution is 5.21. The maximum Gasteiger partial charge on any atom is 0.422 e. The predicted octanol–water partition coefficient (Wildman–Crippen LogP) is 1.32. The Labute approximate surface area is 141 Å². The van der Waals surface area contributed by atoms with Crippen LogP contribution in [0.25, 0.3) is 0 Å². The molecule has 25 heavy (non-hydrogen) atoms. The topological polar surface area (TPSA) is 69.0 Å². The quantitative estimate of drug-likeness (QED) is 0.897. The molecule has 3 heterocycles. The molecule has 0 saturated carbocycles. The molecule has 3 rings (SSSR count). The number of hydrogen-bond acceptors (Lipinski definition) is 5. The molecule has 9 heteroatoms. The molecule has 0 bridgehead atoms. The van der Waals surface area contributed by atoms with Gasteiger partial charge in [0, 0.05) is 30.8 Å². The van der Waals surface area contributed by atoms with Crippen LogP contribution in [-0.2, 0) is 19.4 Å². The number of nitrogens with one attached hydrogen (secondary N) is 1. The fourth-order valence-corrected chi connectivity index (χ4v) is 2.63. The molecular formula is C16H17F3N4O2. The van der Waals surface area contributed by atoms with E-state index in [0.29, 0.717) is 17.5 Å². The summed E-state index contributed by atoms with van der Waals surface area (Å²) in [5.74, 6) is -0.112. The Kier molecular flexibility index (Phi) is 5.03. The minimum atomic E-state index is -4.41. The van der Waals surface area contributed by atoms with Crippen molar-refractivity contribution < 1.29 is 17.9 Å². The summed E-state index contributed by atoms with van der Waals surface area (Å²) in [6.45, 7) is 0.397. The summed E-state index contributed by atoms with van der Waals surface area (Å²) in [5, 5.41) is 3.23.